The van der Waals surface area contributed by atoms with Crippen LogP contribution in [0.1, 0.15) is 11.1 Å². The highest BCUT2D eigenvalue weighted by Crippen LogP contribution is 2.20. The molecule has 0 aliphatic heterocycles. The molecule has 0 radical (unpaired) electrons. The lowest BCUT2D eigenvalue weighted by Gasteiger charge is -2.06. The molecule has 1 N–H and O–H groups in total. The second-order valence-corrected chi connectivity index (χ2v) is 5.24. The number of aryl methyl sites for hydroxylation is 1. The smallest absolute Gasteiger partial charge is 0.119 e. The fraction of sp³-hybridized carbons (Fsp3) is 0.222. The van der Waals surface area contributed by atoms with E-state index in [0.717, 1.165) is 18.8 Å². The maximum absolute atomic E-state index is 5.25. The van der Waals surface area contributed by atoms with Crippen molar-refractivity contribution in [3.8, 4) is 5.75 Å². The van der Waals surface area contributed by atoms with Crippen LogP contribution in [0, 0.1) is 0 Å². The first-order chi connectivity index (χ1) is 10.3. The number of aromatic nitrogens is 1. The van der Waals surface area contributed by atoms with E-state index in [9.17, 15) is 0 Å². The Labute approximate surface area is 125 Å². The molecule has 108 valence electrons. The number of ether oxygens (including phenoxy) is 1. The van der Waals surface area contributed by atoms with Crippen LogP contribution in [0.5, 0.6) is 5.75 Å². The first-order valence-electron chi connectivity index (χ1n) is 7.14. The Morgan fingerprint density at radius 1 is 1.05 bits per heavy atom. The van der Waals surface area contributed by atoms with Crippen molar-refractivity contribution in [2.75, 3.05) is 7.11 Å². The molecule has 0 unspecified atom stereocenters. The van der Waals surface area contributed by atoms with Gasteiger partial charge in [0.2, 0.25) is 0 Å². The number of hydrogen-bond donors (Lipinski definition) is 1. The quantitative estimate of drug-likeness (QED) is 0.774. The van der Waals surface area contributed by atoms with Crippen molar-refractivity contribution < 1.29 is 4.74 Å². The second-order valence-electron chi connectivity index (χ2n) is 5.24. The predicted octanol–water partition coefficient (Wildman–Crippen LogP) is 3.48. The van der Waals surface area contributed by atoms with E-state index in [1.54, 1.807) is 7.11 Å². The molecular weight excluding hydrogens is 260 g/mol. The van der Waals surface area contributed by atoms with Gasteiger partial charge in [-0.05, 0) is 29.3 Å². The average molecular weight is 280 g/mol. The number of methoxy groups -OCH3 is 1. The molecule has 3 heteroatoms. The molecule has 2 aromatic carbocycles. The molecule has 0 spiro atoms. The molecule has 0 fully saturated rings. The number of nitrogens with one attached hydrogen (secondary N) is 1. The Balaban J connectivity index is 1.69. The van der Waals surface area contributed by atoms with Crippen LogP contribution in [0.15, 0.2) is 54.7 Å². The van der Waals surface area contributed by atoms with E-state index in [0.29, 0.717) is 0 Å². The van der Waals surface area contributed by atoms with Gasteiger partial charge >= 0.3 is 0 Å². The molecule has 3 nitrogen and oxygen atoms in total. The lowest BCUT2D eigenvalue weighted by atomic mass is 10.1. The Kier molecular flexibility index (Phi) is 3.93. The lowest BCUT2D eigenvalue weighted by Crippen LogP contribution is -2.12. The molecule has 0 amide bonds. The van der Waals surface area contributed by atoms with Gasteiger partial charge in [0.25, 0.3) is 0 Å². The lowest BCUT2D eigenvalue weighted by molar-refractivity contribution is 0.414. The average Bonchev–Trinajstić information content (AvgIpc) is 2.85. The van der Waals surface area contributed by atoms with Gasteiger partial charge in [-0.1, -0.05) is 30.3 Å². The van der Waals surface area contributed by atoms with E-state index < -0.39 is 0 Å². The highest BCUT2D eigenvalue weighted by molar-refractivity contribution is 5.83. The van der Waals surface area contributed by atoms with Crippen LogP contribution in [-0.2, 0) is 20.1 Å². The third kappa shape index (κ3) is 2.93. The molecular formula is C18H20N2O. The molecule has 0 saturated carbocycles. The second kappa shape index (κ2) is 6.02. The summed E-state index contributed by atoms with van der Waals surface area (Å²) in [4.78, 5) is 0. The normalized spacial score (nSPS) is 11.0. The molecule has 1 heterocycles. The maximum Gasteiger partial charge on any atom is 0.119 e. The van der Waals surface area contributed by atoms with Gasteiger partial charge < -0.3 is 14.6 Å². The topological polar surface area (TPSA) is 26.2 Å². The summed E-state index contributed by atoms with van der Waals surface area (Å²) in [6, 6.07) is 16.7. The molecule has 0 saturated heterocycles. The van der Waals surface area contributed by atoms with Gasteiger partial charge in [-0.2, -0.15) is 0 Å². The van der Waals surface area contributed by atoms with Crippen LogP contribution >= 0.6 is 0 Å². The van der Waals surface area contributed by atoms with E-state index in [1.165, 1.54) is 22.0 Å². The van der Waals surface area contributed by atoms with Crippen molar-refractivity contribution in [2.45, 2.75) is 13.1 Å². The van der Waals surface area contributed by atoms with Crippen molar-refractivity contribution in [3.63, 3.8) is 0 Å². The van der Waals surface area contributed by atoms with Gasteiger partial charge in [0.1, 0.15) is 5.75 Å². The summed E-state index contributed by atoms with van der Waals surface area (Å²) in [6.07, 6.45) is 2.20. The summed E-state index contributed by atoms with van der Waals surface area (Å²) in [5, 5.41) is 4.82. The van der Waals surface area contributed by atoms with Crippen LogP contribution < -0.4 is 10.1 Å². The van der Waals surface area contributed by atoms with E-state index in [-0.39, 0.29) is 0 Å². The zero-order valence-corrected chi connectivity index (χ0v) is 12.5. The van der Waals surface area contributed by atoms with Crippen LogP contribution in [0.3, 0.4) is 0 Å². The van der Waals surface area contributed by atoms with Gasteiger partial charge in [0, 0.05) is 37.2 Å². The fourth-order valence-electron chi connectivity index (χ4n) is 2.69. The minimum absolute atomic E-state index is 0.834. The largest absolute Gasteiger partial charge is 0.497 e. The first kappa shape index (κ1) is 13.7. The van der Waals surface area contributed by atoms with Crippen molar-refractivity contribution in [1.82, 2.24) is 9.88 Å². The SMILES string of the molecule is COc1cccc(CNCc2cn(C)c3ccccc23)c1. The van der Waals surface area contributed by atoms with E-state index >= 15 is 0 Å². The molecule has 3 rings (SSSR count). The maximum atomic E-state index is 5.25. The van der Waals surface area contributed by atoms with Crippen molar-refractivity contribution in [1.29, 1.82) is 0 Å². The zero-order chi connectivity index (χ0) is 14.7. The van der Waals surface area contributed by atoms with E-state index in [4.69, 9.17) is 4.74 Å². The van der Waals surface area contributed by atoms with Crippen molar-refractivity contribution in [2.24, 2.45) is 7.05 Å². The van der Waals surface area contributed by atoms with Crippen LogP contribution in [-0.4, -0.2) is 11.7 Å². The predicted molar refractivity (Wildman–Crippen MR) is 86.5 cm³/mol. The van der Waals surface area contributed by atoms with Gasteiger partial charge in [-0.25, -0.2) is 0 Å². The van der Waals surface area contributed by atoms with Gasteiger partial charge in [-0.3, -0.25) is 0 Å². The van der Waals surface area contributed by atoms with Crippen molar-refractivity contribution in [3.05, 3.63) is 65.9 Å². The Morgan fingerprint density at radius 2 is 1.90 bits per heavy atom. The van der Waals surface area contributed by atoms with E-state index in [1.807, 2.05) is 12.1 Å². The van der Waals surface area contributed by atoms with Gasteiger partial charge in [0.05, 0.1) is 7.11 Å². The summed E-state index contributed by atoms with van der Waals surface area (Å²) in [6.45, 7) is 1.69. The monoisotopic (exact) mass is 280 g/mol. The number of benzene rings is 2. The first-order valence-corrected chi connectivity index (χ1v) is 7.14. The summed E-state index contributed by atoms with van der Waals surface area (Å²) >= 11 is 0. The van der Waals surface area contributed by atoms with Crippen LogP contribution in [0.2, 0.25) is 0 Å². The van der Waals surface area contributed by atoms with Crippen molar-refractivity contribution >= 4 is 10.9 Å². The fourth-order valence-corrected chi connectivity index (χ4v) is 2.69. The van der Waals surface area contributed by atoms with Gasteiger partial charge in [0.15, 0.2) is 0 Å². The molecule has 0 aliphatic carbocycles. The molecule has 0 aliphatic rings. The summed E-state index contributed by atoms with van der Waals surface area (Å²) in [5.74, 6) is 0.902. The highest BCUT2D eigenvalue weighted by Gasteiger charge is 2.05. The number of hydrogen-bond acceptors (Lipinski definition) is 2. The summed E-state index contributed by atoms with van der Waals surface area (Å²) in [5.41, 5.74) is 3.83. The third-order valence-corrected chi connectivity index (χ3v) is 3.76. The molecule has 1 aromatic heterocycles. The van der Waals surface area contributed by atoms with E-state index in [2.05, 4.69) is 59.5 Å². The standard InChI is InChI=1S/C18H20N2O/c1-20-13-15(17-8-3-4-9-18(17)20)12-19-11-14-6-5-7-16(10-14)21-2/h3-10,13,19H,11-12H2,1-2H3. The summed E-state index contributed by atoms with van der Waals surface area (Å²) < 4.78 is 7.43. The number of nitrogens with zero attached hydrogens (tertiary/aromatic N) is 1. The Bertz CT molecular complexity index is 746. The van der Waals surface area contributed by atoms with Crippen LogP contribution in [0.4, 0.5) is 0 Å². The summed E-state index contributed by atoms with van der Waals surface area (Å²) in [7, 11) is 3.79. The Hall–Kier alpha value is -2.26. The minimum Gasteiger partial charge on any atom is -0.497 e. The van der Waals surface area contributed by atoms with Gasteiger partial charge in [-0.15, -0.1) is 0 Å². The number of fused-ring (bicyclic) bond motifs is 1. The molecule has 3 aromatic rings. The number of para-hydroxylation sites is 1. The third-order valence-electron chi connectivity index (χ3n) is 3.76. The molecule has 0 atom stereocenters. The van der Waals surface area contributed by atoms with Crippen LogP contribution in [0.25, 0.3) is 10.9 Å². The molecule has 0 bridgehead atoms. The minimum atomic E-state index is 0.834. The molecule has 21 heavy (non-hydrogen) atoms. The highest BCUT2D eigenvalue weighted by atomic mass is 16.5. The zero-order valence-electron chi connectivity index (χ0n) is 12.5. The Morgan fingerprint density at radius 3 is 2.76 bits per heavy atom. The number of rotatable bonds is 5.